The van der Waals surface area contributed by atoms with Gasteiger partial charge in [0.1, 0.15) is 12.4 Å². The maximum Gasteiger partial charge on any atom is 0.217 e. The molecule has 0 spiro atoms. The second kappa shape index (κ2) is 12.0. The molecule has 0 saturated carbocycles. The summed E-state index contributed by atoms with van der Waals surface area (Å²) in [6.45, 7) is 7.38. The van der Waals surface area contributed by atoms with Crippen LogP contribution in [0.5, 0.6) is 5.75 Å². The number of hydrogen-bond acceptors (Lipinski definition) is 3. The van der Waals surface area contributed by atoms with Crippen molar-refractivity contribution in [3.8, 4) is 5.75 Å². The third kappa shape index (κ3) is 7.94. The summed E-state index contributed by atoms with van der Waals surface area (Å²) in [7, 11) is 1.78. The van der Waals surface area contributed by atoms with Crippen molar-refractivity contribution in [2.75, 3.05) is 33.3 Å². The molecule has 1 atom stereocenters. The molecule has 1 unspecified atom stereocenters. The summed E-state index contributed by atoms with van der Waals surface area (Å²) in [5.74, 6) is 2.35. The van der Waals surface area contributed by atoms with Crippen LogP contribution in [0.25, 0.3) is 0 Å². The molecule has 1 aromatic carbocycles. The minimum absolute atomic E-state index is 0. The molecule has 0 aliphatic carbocycles. The molecule has 3 N–H and O–H groups in total. The molecule has 0 radical (unpaired) electrons. The predicted octanol–water partition coefficient (Wildman–Crippen LogP) is 2.97. The fourth-order valence-corrected chi connectivity index (χ4v) is 3.32. The van der Waals surface area contributed by atoms with E-state index in [0.29, 0.717) is 31.4 Å². The van der Waals surface area contributed by atoms with Gasteiger partial charge in [0.15, 0.2) is 5.96 Å². The van der Waals surface area contributed by atoms with Crippen LogP contribution in [0.15, 0.2) is 29.3 Å². The lowest BCUT2D eigenvalue weighted by atomic mass is 9.95. The van der Waals surface area contributed by atoms with E-state index in [2.05, 4.69) is 41.2 Å². The quantitative estimate of drug-likeness (QED) is 0.268. The van der Waals surface area contributed by atoms with Crippen LogP contribution in [0.2, 0.25) is 0 Å². The number of nitrogens with two attached hydrogens (primary N) is 1. The topological polar surface area (TPSA) is 80.0 Å². The van der Waals surface area contributed by atoms with Crippen LogP contribution in [-0.4, -0.2) is 50.1 Å². The first-order chi connectivity index (χ1) is 12.5. The molecule has 1 amide bonds. The van der Waals surface area contributed by atoms with E-state index in [0.717, 1.165) is 37.6 Å². The predicted molar refractivity (Wildman–Crippen MR) is 121 cm³/mol. The van der Waals surface area contributed by atoms with E-state index in [1.807, 2.05) is 12.1 Å². The first-order valence-corrected chi connectivity index (χ1v) is 9.46. The van der Waals surface area contributed by atoms with Crippen molar-refractivity contribution >= 4 is 35.8 Å². The number of carbonyl (C=O) groups excluding carboxylic acids is 1. The van der Waals surface area contributed by atoms with Crippen molar-refractivity contribution < 1.29 is 9.53 Å². The Morgan fingerprint density at radius 2 is 2.07 bits per heavy atom. The molecule has 1 saturated heterocycles. The zero-order chi connectivity index (χ0) is 18.9. The normalized spacial score (nSPS) is 17.4. The summed E-state index contributed by atoms with van der Waals surface area (Å²) in [4.78, 5) is 17.7. The van der Waals surface area contributed by atoms with Gasteiger partial charge in [-0.25, -0.2) is 0 Å². The molecule has 1 aliphatic rings. The maximum atomic E-state index is 11.2. The molecular formula is C20H33IN4O2. The molecule has 27 heavy (non-hydrogen) atoms. The number of benzene rings is 1. The minimum Gasteiger partial charge on any atom is -0.492 e. The summed E-state index contributed by atoms with van der Waals surface area (Å²) in [5, 5.41) is 3.35. The molecule has 1 aromatic rings. The highest BCUT2D eigenvalue weighted by molar-refractivity contribution is 14.0. The standard InChI is InChI=1S/C20H32N4O2.HI/c1-15(2)17-6-8-18(9-7-17)26-12-10-23-20(22-3)24-11-4-5-16(14-24)13-19(21)25;/h6-9,15-16H,4-5,10-14H2,1-3H3,(H2,21,25)(H,22,23);1H. The average molecular weight is 488 g/mol. The van der Waals surface area contributed by atoms with Gasteiger partial charge in [0, 0.05) is 26.6 Å². The summed E-state index contributed by atoms with van der Waals surface area (Å²) in [5.41, 5.74) is 6.65. The van der Waals surface area contributed by atoms with Gasteiger partial charge in [0.05, 0.1) is 6.54 Å². The molecule has 0 aromatic heterocycles. The van der Waals surface area contributed by atoms with Crippen LogP contribution in [0.1, 0.15) is 44.6 Å². The number of carbonyl (C=O) groups is 1. The fourth-order valence-electron chi connectivity index (χ4n) is 3.32. The van der Waals surface area contributed by atoms with Crippen molar-refractivity contribution in [3.05, 3.63) is 29.8 Å². The number of rotatable bonds is 7. The van der Waals surface area contributed by atoms with E-state index in [1.54, 1.807) is 7.05 Å². The highest BCUT2D eigenvalue weighted by atomic mass is 127. The largest absolute Gasteiger partial charge is 0.492 e. The Kier molecular flexibility index (Phi) is 10.5. The highest BCUT2D eigenvalue weighted by Crippen LogP contribution is 2.20. The number of piperidine rings is 1. The third-order valence-electron chi connectivity index (χ3n) is 4.72. The van der Waals surface area contributed by atoms with Crippen LogP contribution < -0.4 is 15.8 Å². The Bertz CT molecular complexity index is 605. The summed E-state index contributed by atoms with van der Waals surface area (Å²) < 4.78 is 5.80. The molecule has 7 heteroatoms. The molecule has 1 heterocycles. The number of ether oxygens (including phenoxy) is 1. The smallest absolute Gasteiger partial charge is 0.217 e. The van der Waals surface area contributed by atoms with Gasteiger partial charge < -0.3 is 20.7 Å². The van der Waals surface area contributed by atoms with Gasteiger partial charge >= 0.3 is 0 Å². The molecule has 1 aliphatic heterocycles. The van der Waals surface area contributed by atoms with E-state index in [9.17, 15) is 4.79 Å². The molecule has 6 nitrogen and oxygen atoms in total. The lowest BCUT2D eigenvalue weighted by Gasteiger charge is -2.34. The third-order valence-corrected chi connectivity index (χ3v) is 4.72. The van der Waals surface area contributed by atoms with Crippen molar-refractivity contribution in [1.29, 1.82) is 0 Å². The Labute approximate surface area is 179 Å². The number of amides is 1. The average Bonchev–Trinajstić information content (AvgIpc) is 2.62. The monoisotopic (exact) mass is 488 g/mol. The Balaban J connectivity index is 0.00000364. The van der Waals surface area contributed by atoms with E-state index < -0.39 is 0 Å². The number of halogens is 1. The van der Waals surface area contributed by atoms with Crippen LogP contribution in [0, 0.1) is 5.92 Å². The maximum absolute atomic E-state index is 11.2. The van der Waals surface area contributed by atoms with Gasteiger partial charge in [-0.2, -0.15) is 0 Å². The fraction of sp³-hybridized carbons (Fsp3) is 0.600. The van der Waals surface area contributed by atoms with Gasteiger partial charge in [-0.15, -0.1) is 24.0 Å². The van der Waals surface area contributed by atoms with Gasteiger partial charge in [0.2, 0.25) is 5.91 Å². The Morgan fingerprint density at radius 1 is 1.37 bits per heavy atom. The van der Waals surface area contributed by atoms with Gasteiger partial charge in [-0.1, -0.05) is 26.0 Å². The molecule has 2 rings (SSSR count). The molecular weight excluding hydrogens is 455 g/mol. The summed E-state index contributed by atoms with van der Waals surface area (Å²) in [6, 6.07) is 8.25. The number of likely N-dealkylation sites (tertiary alicyclic amines) is 1. The minimum atomic E-state index is -0.225. The Hall–Kier alpha value is -1.51. The van der Waals surface area contributed by atoms with Crippen LogP contribution >= 0.6 is 24.0 Å². The number of guanidine groups is 1. The zero-order valence-electron chi connectivity index (χ0n) is 16.6. The molecule has 152 valence electrons. The number of aliphatic imine (C=N–C) groups is 1. The van der Waals surface area contributed by atoms with Gasteiger partial charge in [-0.05, 0) is 42.4 Å². The second-order valence-corrected chi connectivity index (χ2v) is 7.17. The summed E-state index contributed by atoms with van der Waals surface area (Å²) in [6.07, 6.45) is 2.55. The van der Waals surface area contributed by atoms with Crippen molar-refractivity contribution in [1.82, 2.24) is 10.2 Å². The Morgan fingerprint density at radius 3 is 2.67 bits per heavy atom. The summed E-state index contributed by atoms with van der Waals surface area (Å²) >= 11 is 0. The molecule has 0 bridgehead atoms. The number of nitrogens with one attached hydrogen (secondary N) is 1. The van der Waals surface area contributed by atoms with Crippen LogP contribution in [-0.2, 0) is 4.79 Å². The number of primary amides is 1. The first-order valence-electron chi connectivity index (χ1n) is 9.46. The SMILES string of the molecule is CN=C(NCCOc1ccc(C(C)C)cc1)N1CCCC(CC(N)=O)C1.I. The lowest BCUT2D eigenvalue weighted by Crippen LogP contribution is -2.48. The first kappa shape index (κ1) is 23.5. The van der Waals surface area contributed by atoms with Gasteiger partial charge in [-0.3, -0.25) is 9.79 Å². The van der Waals surface area contributed by atoms with Gasteiger partial charge in [0.25, 0.3) is 0 Å². The molecule has 1 fully saturated rings. The van der Waals surface area contributed by atoms with E-state index in [-0.39, 0.29) is 29.9 Å². The van der Waals surface area contributed by atoms with Crippen molar-refractivity contribution in [3.63, 3.8) is 0 Å². The van der Waals surface area contributed by atoms with E-state index in [4.69, 9.17) is 10.5 Å². The lowest BCUT2D eigenvalue weighted by molar-refractivity contribution is -0.119. The van der Waals surface area contributed by atoms with Crippen LogP contribution in [0.4, 0.5) is 0 Å². The van der Waals surface area contributed by atoms with E-state index >= 15 is 0 Å². The number of hydrogen-bond donors (Lipinski definition) is 2. The van der Waals surface area contributed by atoms with Crippen molar-refractivity contribution in [2.45, 2.75) is 39.0 Å². The second-order valence-electron chi connectivity index (χ2n) is 7.17. The van der Waals surface area contributed by atoms with Crippen molar-refractivity contribution in [2.24, 2.45) is 16.6 Å². The number of nitrogens with zero attached hydrogens (tertiary/aromatic N) is 2. The van der Waals surface area contributed by atoms with E-state index in [1.165, 1.54) is 5.56 Å². The highest BCUT2D eigenvalue weighted by Gasteiger charge is 2.23. The van der Waals surface area contributed by atoms with Crippen LogP contribution in [0.3, 0.4) is 0 Å². The zero-order valence-corrected chi connectivity index (χ0v) is 18.9.